The van der Waals surface area contributed by atoms with Crippen LogP contribution < -0.4 is 25.6 Å². The van der Waals surface area contributed by atoms with E-state index in [-0.39, 0.29) is 34.6 Å². The predicted octanol–water partition coefficient (Wildman–Crippen LogP) is 5.04. The van der Waals surface area contributed by atoms with Gasteiger partial charge >= 0.3 is 0 Å². The molecule has 4 rings (SSSR count). The Morgan fingerprint density at radius 1 is 1.21 bits per heavy atom. The van der Waals surface area contributed by atoms with Gasteiger partial charge in [-0.3, -0.25) is 4.79 Å². The number of methoxy groups -OCH3 is 1. The predicted molar refractivity (Wildman–Crippen MR) is 164 cm³/mol. The van der Waals surface area contributed by atoms with Crippen molar-refractivity contribution < 1.29 is 19.0 Å². The number of halogens is 2. The van der Waals surface area contributed by atoms with Crippen molar-refractivity contribution >= 4 is 52.2 Å². The molecule has 1 aliphatic heterocycles. The Bertz CT molecular complexity index is 1460. The van der Waals surface area contributed by atoms with Crippen LogP contribution in [0.3, 0.4) is 0 Å². The topological polar surface area (TPSA) is 128 Å². The summed E-state index contributed by atoms with van der Waals surface area (Å²) in [5.74, 6) is -0.245. The summed E-state index contributed by atoms with van der Waals surface area (Å²) in [6.07, 6.45) is 4.56. The number of aromatic nitrogens is 3. The van der Waals surface area contributed by atoms with Gasteiger partial charge in [0.1, 0.15) is 17.9 Å². The molecule has 13 heteroatoms. The minimum Gasteiger partial charge on any atom is -0.494 e. The second-order valence-corrected chi connectivity index (χ2v) is 11.2. The van der Waals surface area contributed by atoms with E-state index in [9.17, 15) is 14.3 Å². The zero-order valence-corrected chi connectivity index (χ0v) is 25.1. The normalized spacial score (nSPS) is 15.1. The summed E-state index contributed by atoms with van der Waals surface area (Å²) in [5.41, 5.74) is 1.19. The van der Waals surface area contributed by atoms with E-state index in [1.165, 1.54) is 24.5 Å². The lowest BCUT2D eigenvalue weighted by Crippen LogP contribution is -2.38. The maximum atomic E-state index is 14.3. The van der Waals surface area contributed by atoms with Crippen molar-refractivity contribution in [3.05, 3.63) is 59.7 Å². The number of ether oxygens (including phenoxy) is 1. The van der Waals surface area contributed by atoms with Crippen LogP contribution in [0.15, 0.2) is 43.2 Å². The van der Waals surface area contributed by atoms with Gasteiger partial charge in [0.15, 0.2) is 0 Å². The van der Waals surface area contributed by atoms with Crippen molar-refractivity contribution in [3.63, 3.8) is 0 Å². The Labute approximate surface area is 249 Å². The molecule has 3 aromatic rings. The molecule has 1 aliphatic rings. The van der Waals surface area contributed by atoms with Crippen molar-refractivity contribution in [1.82, 2.24) is 19.9 Å². The molecular formula is C29H36ClFN8O3. The zero-order chi connectivity index (χ0) is 30.6. The van der Waals surface area contributed by atoms with Crippen LogP contribution in [0.1, 0.15) is 32.3 Å². The summed E-state index contributed by atoms with van der Waals surface area (Å²) in [6, 6.07) is 6.44. The number of nitrogens with zero attached hydrogens (tertiary/aromatic N) is 5. The van der Waals surface area contributed by atoms with E-state index in [0.717, 1.165) is 31.6 Å². The molecule has 2 aromatic carbocycles. The number of anilines is 6. The van der Waals surface area contributed by atoms with Crippen LogP contribution in [0, 0.1) is 5.82 Å². The van der Waals surface area contributed by atoms with E-state index in [0.29, 0.717) is 22.7 Å². The van der Waals surface area contributed by atoms with Gasteiger partial charge in [0.25, 0.3) is 0 Å². The van der Waals surface area contributed by atoms with Crippen LogP contribution in [-0.2, 0) is 10.4 Å². The summed E-state index contributed by atoms with van der Waals surface area (Å²) in [6.45, 7) is 8.41. The molecule has 1 aromatic heterocycles. The van der Waals surface area contributed by atoms with Crippen LogP contribution in [0.2, 0.25) is 5.02 Å². The van der Waals surface area contributed by atoms with E-state index in [1.807, 2.05) is 20.2 Å². The lowest BCUT2D eigenvalue weighted by molar-refractivity contribution is -0.111. The molecule has 1 unspecified atom stereocenters. The fourth-order valence-corrected chi connectivity index (χ4v) is 5.10. The summed E-state index contributed by atoms with van der Waals surface area (Å²) >= 11 is 5.96. The molecule has 2 heterocycles. The Morgan fingerprint density at radius 2 is 1.90 bits per heavy atom. The molecule has 0 spiro atoms. The minimum atomic E-state index is -1.32. The quantitative estimate of drug-likeness (QED) is 0.223. The average molecular weight is 599 g/mol. The first kappa shape index (κ1) is 30.9. The number of likely N-dealkylation sites (N-methyl/N-ethyl adjacent to an activating group) is 1. The molecule has 1 saturated heterocycles. The van der Waals surface area contributed by atoms with E-state index < -0.39 is 11.4 Å². The van der Waals surface area contributed by atoms with Crippen molar-refractivity contribution in [2.45, 2.75) is 38.3 Å². The van der Waals surface area contributed by atoms with Crippen molar-refractivity contribution in [1.29, 1.82) is 0 Å². The highest BCUT2D eigenvalue weighted by Gasteiger charge is 2.29. The summed E-state index contributed by atoms with van der Waals surface area (Å²) in [5, 5.41) is 19.5. The van der Waals surface area contributed by atoms with Crippen LogP contribution in [0.5, 0.6) is 5.75 Å². The number of carbonyl (C=O) groups excluding carboxylic acids is 1. The fraction of sp³-hybridized carbons (Fsp3) is 0.379. The van der Waals surface area contributed by atoms with E-state index in [1.54, 1.807) is 27.0 Å². The number of benzene rings is 2. The van der Waals surface area contributed by atoms with Crippen LogP contribution >= 0.6 is 11.6 Å². The Hall–Kier alpha value is -4.00. The van der Waals surface area contributed by atoms with Gasteiger partial charge in [0.05, 0.1) is 34.8 Å². The van der Waals surface area contributed by atoms with Gasteiger partial charge in [0, 0.05) is 36.4 Å². The minimum absolute atomic E-state index is 0.0964. The SMILES string of the molecule is C=CC(=O)Nc1cc(Nc2ncnc(Nc3cc(F)c(Cl)cc3C(C)(C)O)n2)c(OC)cc1N1CCCC1CN(C)C. The first-order valence-electron chi connectivity index (χ1n) is 13.4. The molecule has 1 fully saturated rings. The van der Waals surface area contributed by atoms with Gasteiger partial charge < -0.3 is 35.6 Å². The fourth-order valence-electron chi connectivity index (χ4n) is 4.94. The number of nitrogens with one attached hydrogen (secondary N) is 3. The monoisotopic (exact) mass is 598 g/mol. The van der Waals surface area contributed by atoms with E-state index >= 15 is 0 Å². The third-order valence-corrected chi connectivity index (χ3v) is 7.10. The standard InChI is InChI=1S/C29H36ClFN8O3/c1-7-26(40)34-22-13-23(25(42-6)14-24(22)39-10-8-9-17(39)15-38(4)5)36-28-33-16-32-27(37-28)35-21-12-20(31)19(30)11-18(21)29(2,3)41/h7,11-14,16-17,41H,1,8-10,15H2,2-6H3,(H,34,40)(H2,32,33,35,36,37). The number of aliphatic hydroxyl groups is 1. The summed E-state index contributed by atoms with van der Waals surface area (Å²) < 4.78 is 20.0. The second-order valence-electron chi connectivity index (χ2n) is 10.8. The number of hydrogen-bond donors (Lipinski definition) is 4. The van der Waals surface area contributed by atoms with Gasteiger partial charge in [-0.05, 0) is 65.1 Å². The highest BCUT2D eigenvalue weighted by Crippen LogP contribution is 2.41. The molecule has 4 N–H and O–H groups in total. The third-order valence-electron chi connectivity index (χ3n) is 6.81. The molecule has 1 amide bonds. The molecule has 0 radical (unpaired) electrons. The van der Waals surface area contributed by atoms with Crippen molar-refractivity contribution in [3.8, 4) is 5.75 Å². The van der Waals surface area contributed by atoms with E-state index in [2.05, 4.69) is 47.3 Å². The van der Waals surface area contributed by atoms with Gasteiger partial charge in [-0.1, -0.05) is 18.2 Å². The molecule has 0 aliphatic carbocycles. The van der Waals surface area contributed by atoms with Gasteiger partial charge in [0.2, 0.25) is 17.8 Å². The Kier molecular flexibility index (Phi) is 9.50. The number of rotatable bonds is 11. The zero-order valence-electron chi connectivity index (χ0n) is 24.3. The number of amides is 1. The van der Waals surface area contributed by atoms with Crippen LogP contribution in [0.25, 0.3) is 0 Å². The molecule has 224 valence electrons. The molecule has 0 bridgehead atoms. The van der Waals surface area contributed by atoms with Gasteiger partial charge in [-0.2, -0.15) is 4.98 Å². The molecule has 42 heavy (non-hydrogen) atoms. The Morgan fingerprint density at radius 3 is 2.52 bits per heavy atom. The average Bonchev–Trinajstić information content (AvgIpc) is 3.37. The maximum absolute atomic E-state index is 14.3. The number of carbonyl (C=O) groups is 1. The lowest BCUT2D eigenvalue weighted by Gasteiger charge is -2.31. The summed E-state index contributed by atoms with van der Waals surface area (Å²) in [4.78, 5) is 29.6. The highest BCUT2D eigenvalue weighted by molar-refractivity contribution is 6.30. The largest absolute Gasteiger partial charge is 0.494 e. The van der Waals surface area contributed by atoms with Crippen LogP contribution in [-0.4, -0.2) is 71.2 Å². The Balaban J connectivity index is 1.68. The van der Waals surface area contributed by atoms with Crippen LogP contribution in [0.4, 0.5) is 39.0 Å². The smallest absolute Gasteiger partial charge is 0.247 e. The first-order chi connectivity index (χ1) is 19.9. The van der Waals surface area contributed by atoms with Gasteiger partial charge in [-0.15, -0.1) is 0 Å². The number of hydrogen-bond acceptors (Lipinski definition) is 10. The first-order valence-corrected chi connectivity index (χ1v) is 13.8. The molecule has 1 atom stereocenters. The molecule has 11 nitrogen and oxygen atoms in total. The molecular weight excluding hydrogens is 563 g/mol. The maximum Gasteiger partial charge on any atom is 0.247 e. The summed E-state index contributed by atoms with van der Waals surface area (Å²) in [7, 11) is 5.63. The lowest BCUT2D eigenvalue weighted by atomic mass is 9.96. The third kappa shape index (κ3) is 7.25. The highest BCUT2D eigenvalue weighted by atomic mass is 35.5. The van der Waals surface area contributed by atoms with E-state index in [4.69, 9.17) is 16.3 Å². The van der Waals surface area contributed by atoms with Gasteiger partial charge in [-0.25, -0.2) is 14.4 Å². The van der Waals surface area contributed by atoms with Crippen molar-refractivity contribution in [2.75, 3.05) is 55.1 Å². The van der Waals surface area contributed by atoms with Crippen molar-refractivity contribution in [2.24, 2.45) is 0 Å². The molecule has 0 saturated carbocycles. The second kappa shape index (κ2) is 12.9.